The summed E-state index contributed by atoms with van der Waals surface area (Å²) in [6, 6.07) is 0. The van der Waals surface area contributed by atoms with Crippen LogP contribution in [0.25, 0.3) is 0 Å². The molecule has 0 aromatic heterocycles. The third-order valence-corrected chi connectivity index (χ3v) is 1.62. The van der Waals surface area contributed by atoms with Gasteiger partial charge in [0.25, 0.3) is 5.09 Å². The highest BCUT2D eigenvalue weighted by molar-refractivity contribution is 5.96. The summed E-state index contributed by atoms with van der Waals surface area (Å²) in [4.78, 5) is 14.6. The van der Waals surface area contributed by atoms with Gasteiger partial charge in [-0.25, -0.2) is 0 Å². The summed E-state index contributed by atoms with van der Waals surface area (Å²) in [5.41, 5.74) is 5.24. The molecule has 0 atom stereocenters. The molecule has 0 radical (unpaired) electrons. The quantitative estimate of drug-likeness (QED) is 0.237. The molecule has 0 amide bonds. The molecule has 0 saturated carbocycles. The largest absolute Gasteiger partial charge is 0.370 e. The topological polar surface area (TPSA) is 141 Å². The van der Waals surface area contributed by atoms with E-state index in [0.717, 1.165) is 13.1 Å². The molecular weight excluding hydrogens is 228 g/mol. The maximum Gasteiger partial charge on any atom is 0.291 e. The molecule has 5 N–H and O–H groups in total. The first-order valence-electron chi connectivity index (χ1n) is 5.12. The Kier molecular flexibility index (Phi) is 10.7. The number of rotatable bonds is 3. The third kappa shape index (κ3) is 11.9. The summed E-state index contributed by atoms with van der Waals surface area (Å²) < 4.78 is 0. The van der Waals surface area contributed by atoms with Crippen molar-refractivity contribution in [1.29, 1.82) is 5.41 Å². The Labute approximate surface area is 99.9 Å². The summed E-state index contributed by atoms with van der Waals surface area (Å²) in [6.07, 6.45) is 0. The molecule has 0 aromatic carbocycles. The van der Waals surface area contributed by atoms with E-state index >= 15 is 0 Å². The Morgan fingerprint density at radius 2 is 1.94 bits per heavy atom. The fourth-order valence-corrected chi connectivity index (χ4v) is 1.01. The predicted octanol–water partition coefficient (Wildman–Crippen LogP) is -0.161. The molecule has 0 aromatic rings. The molecule has 0 rings (SSSR count). The van der Waals surface area contributed by atoms with Crippen LogP contribution in [0.1, 0.15) is 20.8 Å². The molecule has 0 aliphatic rings. The van der Waals surface area contributed by atoms with E-state index in [4.69, 9.17) is 26.5 Å². The standard InChI is InChI=1S/C8H19N5.HNO3/c1-4-11-8(12-7(9)10)13(5-2)6-3;2-1(3)4/h4-6H2,1-3H3,(H4,9,10,11,12);(H,2,3,4). The Morgan fingerprint density at radius 3 is 2.18 bits per heavy atom. The minimum Gasteiger partial charge on any atom is -0.370 e. The van der Waals surface area contributed by atoms with Crippen LogP contribution >= 0.6 is 0 Å². The number of nitrogens with two attached hydrogens (primary N) is 1. The van der Waals surface area contributed by atoms with Crippen molar-refractivity contribution in [2.24, 2.45) is 10.7 Å². The Bertz CT molecular complexity index is 260. The highest BCUT2D eigenvalue weighted by Crippen LogP contribution is 1.88. The van der Waals surface area contributed by atoms with Crippen molar-refractivity contribution in [2.45, 2.75) is 20.8 Å². The van der Waals surface area contributed by atoms with Gasteiger partial charge < -0.3 is 15.8 Å². The first kappa shape index (κ1) is 17.3. The zero-order valence-electron chi connectivity index (χ0n) is 10.3. The first-order valence-corrected chi connectivity index (χ1v) is 5.12. The molecule has 100 valence electrons. The minimum absolute atomic E-state index is 0.0703. The summed E-state index contributed by atoms with van der Waals surface area (Å²) in [7, 11) is 0. The monoisotopic (exact) mass is 248 g/mol. The fourth-order valence-electron chi connectivity index (χ4n) is 1.01. The summed E-state index contributed by atoms with van der Waals surface area (Å²) >= 11 is 0. The van der Waals surface area contributed by atoms with E-state index < -0.39 is 5.09 Å². The average molecular weight is 248 g/mol. The summed E-state index contributed by atoms with van der Waals surface area (Å²) in [5, 5.41) is 23.5. The Hall–Kier alpha value is -2.06. The van der Waals surface area contributed by atoms with E-state index in [1.54, 1.807) is 0 Å². The number of nitrogens with zero attached hydrogens (tertiary/aromatic N) is 3. The van der Waals surface area contributed by atoms with Crippen molar-refractivity contribution >= 4 is 11.9 Å². The summed E-state index contributed by atoms with van der Waals surface area (Å²) in [6.45, 7) is 8.43. The van der Waals surface area contributed by atoms with Gasteiger partial charge in [-0.3, -0.25) is 15.7 Å². The highest BCUT2D eigenvalue weighted by Gasteiger charge is 2.06. The number of aliphatic imine (C=N–C) groups is 1. The lowest BCUT2D eigenvalue weighted by Crippen LogP contribution is -2.46. The average Bonchev–Trinajstić information content (AvgIpc) is 2.18. The van der Waals surface area contributed by atoms with Crippen molar-refractivity contribution < 1.29 is 10.3 Å². The van der Waals surface area contributed by atoms with Crippen molar-refractivity contribution in [3.63, 3.8) is 0 Å². The van der Waals surface area contributed by atoms with E-state index in [2.05, 4.69) is 10.3 Å². The minimum atomic E-state index is -1.50. The summed E-state index contributed by atoms with van der Waals surface area (Å²) in [5.74, 6) is 0.610. The molecule has 0 saturated heterocycles. The zero-order valence-corrected chi connectivity index (χ0v) is 10.3. The predicted molar refractivity (Wildman–Crippen MR) is 64.7 cm³/mol. The number of hydrogen-bond acceptors (Lipinski definition) is 4. The van der Waals surface area contributed by atoms with Crippen LogP contribution in [0.4, 0.5) is 0 Å². The van der Waals surface area contributed by atoms with Crippen LogP contribution in [0.2, 0.25) is 0 Å². The van der Waals surface area contributed by atoms with Crippen LogP contribution in [-0.4, -0.2) is 46.7 Å². The van der Waals surface area contributed by atoms with Crippen LogP contribution in [0.3, 0.4) is 0 Å². The van der Waals surface area contributed by atoms with Gasteiger partial charge in [-0.2, -0.15) is 0 Å². The SMILES string of the molecule is CC/N=C(\NC(=N)N)N(CC)CC.O=[N+]([O-])O. The van der Waals surface area contributed by atoms with Crippen molar-refractivity contribution in [3.8, 4) is 0 Å². The normalized spacial score (nSPS) is 9.94. The van der Waals surface area contributed by atoms with E-state index in [1.807, 2.05) is 25.7 Å². The van der Waals surface area contributed by atoms with Gasteiger partial charge in [0, 0.05) is 19.6 Å². The van der Waals surface area contributed by atoms with Gasteiger partial charge in [-0.05, 0) is 20.8 Å². The van der Waals surface area contributed by atoms with Crippen LogP contribution in [0, 0.1) is 15.5 Å². The lowest BCUT2D eigenvalue weighted by Gasteiger charge is -2.22. The maximum absolute atomic E-state index is 8.36. The second kappa shape index (κ2) is 10.5. The van der Waals surface area contributed by atoms with Crippen LogP contribution in [-0.2, 0) is 0 Å². The highest BCUT2D eigenvalue weighted by atomic mass is 16.9. The van der Waals surface area contributed by atoms with E-state index in [-0.39, 0.29) is 5.96 Å². The van der Waals surface area contributed by atoms with Crippen LogP contribution in [0.15, 0.2) is 4.99 Å². The number of nitrogens with one attached hydrogen (secondary N) is 2. The fraction of sp³-hybridized carbons (Fsp3) is 0.750. The smallest absolute Gasteiger partial charge is 0.291 e. The second-order valence-corrected chi connectivity index (χ2v) is 2.75. The molecule has 0 heterocycles. The molecule has 17 heavy (non-hydrogen) atoms. The molecule has 0 fully saturated rings. The molecule has 0 unspecified atom stereocenters. The molecule has 0 aliphatic heterocycles. The molecule has 9 heteroatoms. The third-order valence-electron chi connectivity index (χ3n) is 1.62. The van der Waals surface area contributed by atoms with E-state index in [9.17, 15) is 0 Å². The molecule has 9 nitrogen and oxygen atoms in total. The van der Waals surface area contributed by atoms with Gasteiger partial charge in [0.05, 0.1) is 0 Å². The van der Waals surface area contributed by atoms with Crippen molar-refractivity contribution in [1.82, 2.24) is 10.2 Å². The first-order chi connectivity index (χ1) is 7.88. The lowest BCUT2D eigenvalue weighted by atomic mass is 10.5. The zero-order chi connectivity index (χ0) is 13.8. The molecular formula is C8H20N6O3. The van der Waals surface area contributed by atoms with Crippen molar-refractivity contribution in [2.75, 3.05) is 19.6 Å². The van der Waals surface area contributed by atoms with Gasteiger partial charge in [-0.15, -0.1) is 10.1 Å². The van der Waals surface area contributed by atoms with E-state index in [1.165, 1.54) is 0 Å². The van der Waals surface area contributed by atoms with Gasteiger partial charge >= 0.3 is 0 Å². The van der Waals surface area contributed by atoms with Gasteiger partial charge in [0.1, 0.15) is 0 Å². The Balaban J connectivity index is 0. The number of hydrogen-bond donors (Lipinski definition) is 4. The lowest BCUT2D eigenvalue weighted by molar-refractivity contribution is -0.742. The Morgan fingerprint density at radius 1 is 1.53 bits per heavy atom. The second-order valence-electron chi connectivity index (χ2n) is 2.75. The molecule has 0 spiro atoms. The molecule has 0 bridgehead atoms. The van der Waals surface area contributed by atoms with Crippen molar-refractivity contribution in [3.05, 3.63) is 10.1 Å². The maximum atomic E-state index is 8.36. The van der Waals surface area contributed by atoms with Gasteiger partial charge in [0.15, 0.2) is 5.96 Å². The number of guanidine groups is 2. The molecule has 0 aliphatic carbocycles. The van der Waals surface area contributed by atoms with Gasteiger partial charge in [-0.1, -0.05) is 0 Å². The van der Waals surface area contributed by atoms with Crippen LogP contribution in [0.5, 0.6) is 0 Å². The van der Waals surface area contributed by atoms with Crippen LogP contribution < -0.4 is 11.1 Å². The van der Waals surface area contributed by atoms with Gasteiger partial charge in [0.2, 0.25) is 5.96 Å². The van der Waals surface area contributed by atoms with E-state index in [0.29, 0.717) is 12.5 Å².